The smallest absolute Gasteiger partial charge is 0.0739 e. The second-order valence-electron chi connectivity index (χ2n) is 3.36. The highest BCUT2D eigenvalue weighted by Gasteiger charge is 2.19. The summed E-state index contributed by atoms with van der Waals surface area (Å²) in [6.07, 6.45) is 0.994. The highest BCUT2D eigenvalue weighted by atomic mass is 79.9. The molecular formula is C9H12BrNO2S. The van der Waals surface area contributed by atoms with Crippen molar-refractivity contribution >= 4 is 27.3 Å². The van der Waals surface area contributed by atoms with Crippen molar-refractivity contribution in [3.8, 4) is 0 Å². The van der Waals surface area contributed by atoms with Gasteiger partial charge < -0.3 is 9.94 Å². The van der Waals surface area contributed by atoms with Gasteiger partial charge in [-0.05, 0) is 15.9 Å². The summed E-state index contributed by atoms with van der Waals surface area (Å²) in [6, 6.07) is 0. The number of nitrogens with zero attached hydrogens (tertiary/aromatic N) is 1. The second-order valence-corrected chi connectivity index (χ2v) is 5.34. The van der Waals surface area contributed by atoms with E-state index in [0.29, 0.717) is 13.2 Å². The van der Waals surface area contributed by atoms with Crippen LogP contribution in [-0.2, 0) is 24.3 Å². The molecule has 3 nitrogen and oxygen atoms in total. The first-order valence-electron chi connectivity index (χ1n) is 4.45. The number of rotatable bonds is 2. The molecule has 0 spiro atoms. The van der Waals surface area contributed by atoms with Crippen LogP contribution < -0.4 is 0 Å². The summed E-state index contributed by atoms with van der Waals surface area (Å²) >= 11 is 5.32. The van der Waals surface area contributed by atoms with Gasteiger partial charge >= 0.3 is 0 Å². The van der Waals surface area contributed by atoms with Crippen molar-refractivity contribution in [3.63, 3.8) is 0 Å². The Morgan fingerprint density at radius 2 is 2.43 bits per heavy atom. The molecule has 0 saturated heterocycles. The number of hydroxylamine groups is 2. The van der Waals surface area contributed by atoms with Gasteiger partial charge in [-0.2, -0.15) is 5.06 Å². The summed E-state index contributed by atoms with van der Waals surface area (Å²) in [4.78, 5) is 2.56. The molecule has 0 bridgehead atoms. The molecule has 0 unspecified atom stereocenters. The van der Waals surface area contributed by atoms with Gasteiger partial charge in [-0.25, -0.2) is 0 Å². The average molecular weight is 278 g/mol. The van der Waals surface area contributed by atoms with Crippen molar-refractivity contribution in [2.75, 3.05) is 13.7 Å². The molecule has 0 atom stereocenters. The van der Waals surface area contributed by atoms with Crippen LogP contribution in [0.3, 0.4) is 0 Å². The molecule has 1 aromatic heterocycles. The molecule has 0 aromatic carbocycles. The van der Waals surface area contributed by atoms with Crippen LogP contribution >= 0.6 is 27.3 Å². The Bertz CT molecular complexity index is 338. The van der Waals surface area contributed by atoms with Gasteiger partial charge in [0.15, 0.2) is 0 Å². The molecule has 1 aliphatic rings. The van der Waals surface area contributed by atoms with E-state index in [1.807, 2.05) is 0 Å². The van der Waals surface area contributed by atoms with Gasteiger partial charge in [0.25, 0.3) is 0 Å². The van der Waals surface area contributed by atoms with E-state index in [4.69, 9.17) is 4.74 Å². The van der Waals surface area contributed by atoms with Crippen LogP contribution in [0.15, 0.2) is 4.47 Å². The van der Waals surface area contributed by atoms with Gasteiger partial charge in [-0.15, -0.1) is 11.3 Å². The lowest BCUT2D eigenvalue weighted by Gasteiger charge is -2.11. The lowest BCUT2D eigenvalue weighted by Crippen LogP contribution is -2.10. The molecule has 78 valence electrons. The molecule has 2 heterocycles. The van der Waals surface area contributed by atoms with E-state index >= 15 is 0 Å². The summed E-state index contributed by atoms with van der Waals surface area (Å²) in [5, 5.41) is 10.4. The lowest BCUT2D eigenvalue weighted by atomic mass is 10.2. The van der Waals surface area contributed by atoms with Crippen LogP contribution in [-0.4, -0.2) is 23.9 Å². The molecule has 2 rings (SSSR count). The van der Waals surface area contributed by atoms with Crippen LogP contribution in [0.1, 0.15) is 15.3 Å². The fourth-order valence-corrected chi connectivity index (χ4v) is 3.62. The first-order chi connectivity index (χ1) is 6.68. The van der Waals surface area contributed by atoms with E-state index in [1.165, 1.54) is 20.4 Å². The van der Waals surface area contributed by atoms with E-state index in [0.717, 1.165) is 17.5 Å². The third-order valence-electron chi connectivity index (χ3n) is 2.19. The molecule has 0 fully saturated rings. The summed E-state index contributed by atoms with van der Waals surface area (Å²) in [7, 11) is 1.65. The monoisotopic (exact) mass is 277 g/mol. The molecule has 0 saturated carbocycles. The van der Waals surface area contributed by atoms with Crippen LogP contribution in [0.2, 0.25) is 0 Å². The Balaban J connectivity index is 2.29. The quantitative estimate of drug-likeness (QED) is 0.843. The highest BCUT2D eigenvalue weighted by Crippen LogP contribution is 2.36. The number of thiophene rings is 1. The zero-order chi connectivity index (χ0) is 10.1. The van der Waals surface area contributed by atoms with Crippen LogP contribution in [0.5, 0.6) is 0 Å². The van der Waals surface area contributed by atoms with E-state index in [9.17, 15) is 5.21 Å². The fraction of sp³-hybridized carbons (Fsp3) is 0.556. The summed E-state index contributed by atoms with van der Waals surface area (Å²) in [6.45, 7) is 2.08. The predicted octanol–water partition coefficient (Wildman–Crippen LogP) is 2.40. The molecule has 0 aliphatic carbocycles. The second kappa shape index (κ2) is 4.28. The Hall–Kier alpha value is 0.0600. The Kier molecular flexibility index (Phi) is 3.23. The van der Waals surface area contributed by atoms with Crippen LogP contribution in [0, 0.1) is 0 Å². The SMILES string of the molecule is CN(O)Cc1sc2c(c1Br)COCC2. The van der Waals surface area contributed by atoms with E-state index in [1.54, 1.807) is 18.4 Å². The number of ether oxygens (including phenoxy) is 1. The van der Waals surface area contributed by atoms with Gasteiger partial charge in [0.2, 0.25) is 0 Å². The molecule has 14 heavy (non-hydrogen) atoms. The van der Waals surface area contributed by atoms with Gasteiger partial charge in [0.1, 0.15) is 0 Å². The largest absolute Gasteiger partial charge is 0.376 e. The highest BCUT2D eigenvalue weighted by molar-refractivity contribution is 9.10. The van der Waals surface area contributed by atoms with Crippen molar-refractivity contribution < 1.29 is 9.94 Å². The van der Waals surface area contributed by atoms with Gasteiger partial charge in [0, 0.05) is 33.3 Å². The average Bonchev–Trinajstić information content (AvgIpc) is 2.44. The van der Waals surface area contributed by atoms with Crippen molar-refractivity contribution in [2.24, 2.45) is 0 Å². The van der Waals surface area contributed by atoms with E-state index in [2.05, 4.69) is 15.9 Å². The minimum Gasteiger partial charge on any atom is -0.376 e. The summed E-state index contributed by atoms with van der Waals surface area (Å²) in [5.41, 5.74) is 1.26. The maximum atomic E-state index is 9.18. The number of hydrogen-bond donors (Lipinski definition) is 1. The Morgan fingerprint density at radius 3 is 3.07 bits per heavy atom. The zero-order valence-electron chi connectivity index (χ0n) is 7.92. The molecule has 1 N–H and O–H groups in total. The topological polar surface area (TPSA) is 32.7 Å². The van der Waals surface area contributed by atoms with Crippen LogP contribution in [0.25, 0.3) is 0 Å². The molecular weight excluding hydrogens is 266 g/mol. The van der Waals surface area contributed by atoms with Crippen molar-refractivity contribution in [3.05, 3.63) is 19.8 Å². The Labute approximate surface area is 95.4 Å². The normalized spacial score (nSPS) is 16.0. The van der Waals surface area contributed by atoms with Crippen molar-refractivity contribution in [1.82, 2.24) is 5.06 Å². The third-order valence-corrected chi connectivity index (χ3v) is 4.68. The van der Waals surface area contributed by atoms with Gasteiger partial charge in [0.05, 0.1) is 19.8 Å². The Morgan fingerprint density at radius 1 is 1.64 bits per heavy atom. The number of fused-ring (bicyclic) bond motifs is 1. The fourth-order valence-electron chi connectivity index (χ4n) is 1.54. The first kappa shape index (κ1) is 10.6. The lowest BCUT2D eigenvalue weighted by molar-refractivity contribution is -0.0725. The summed E-state index contributed by atoms with van der Waals surface area (Å²) in [5.74, 6) is 0. The minimum atomic E-state index is 0.568. The third kappa shape index (κ3) is 2.01. The molecule has 1 aliphatic heterocycles. The molecule has 5 heteroatoms. The molecule has 0 radical (unpaired) electrons. The molecule has 1 aromatic rings. The van der Waals surface area contributed by atoms with Crippen molar-refractivity contribution in [2.45, 2.75) is 19.6 Å². The maximum absolute atomic E-state index is 9.18. The van der Waals surface area contributed by atoms with Crippen molar-refractivity contribution in [1.29, 1.82) is 0 Å². The van der Waals surface area contributed by atoms with Gasteiger partial charge in [-0.3, -0.25) is 0 Å². The summed E-state index contributed by atoms with van der Waals surface area (Å²) < 4.78 is 6.50. The van der Waals surface area contributed by atoms with Gasteiger partial charge in [-0.1, -0.05) is 0 Å². The van der Waals surface area contributed by atoms with E-state index in [-0.39, 0.29) is 0 Å². The first-order valence-corrected chi connectivity index (χ1v) is 6.06. The number of halogens is 1. The zero-order valence-corrected chi connectivity index (χ0v) is 10.3. The minimum absolute atomic E-state index is 0.568. The number of hydrogen-bond acceptors (Lipinski definition) is 4. The van der Waals surface area contributed by atoms with E-state index < -0.39 is 0 Å². The van der Waals surface area contributed by atoms with Crippen LogP contribution in [0.4, 0.5) is 0 Å². The molecule has 0 amide bonds. The maximum Gasteiger partial charge on any atom is 0.0739 e. The predicted molar refractivity (Wildman–Crippen MR) is 58.6 cm³/mol. The standard InChI is InChI=1S/C9H12BrNO2S/c1-11(12)4-8-9(10)6-5-13-3-2-7(6)14-8/h12H,2-5H2,1H3.